The van der Waals surface area contributed by atoms with E-state index in [-0.39, 0.29) is 24.8 Å². The Hall–Kier alpha value is -3.86. The number of rotatable bonds is 6. The molecule has 0 bridgehead atoms. The van der Waals surface area contributed by atoms with Crippen molar-refractivity contribution in [3.63, 3.8) is 0 Å². The van der Waals surface area contributed by atoms with Gasteiger partial charge in [-0.2, -0.15) is 5.26 Å². The summed E-state index contributed by atoms with van der Waals surface area (Å²) >= 11 is 0. The molecule has 8 heteroatoms. The van der Waals surface area contributed by atoms with Crippen molar-refractivity contribution in [1.82, 2.24) is 15.5 Å². The third-order valence-electron chi connectivity index (χ3n) is 5.94. The van der Waals surface area contributed by atoms with Crippen LogP contribution in [-0.2, 0) is 4.79 Å². The van der Waals surface area contributed by atoms with Crippen LogP contribution in [0.1, 0.15) is 52.2 Å². The van der Waals surface area contributed by atoms with Gasteiger partial charge in [-0.25, -0.2) is 4.79 Å². The first-order valence-corrected chi connectivity index (χ1v) is 11.1. The number of urea groups is 1. The Labute approximate surface area is 194 Å². The molecule has 0 aromatic heterocycles. The second-order valence-electron chi connectivity index (χ2n) is 8.13. The van der Waals surface area contributed by atoms with Crippen LogP contribution in [-0.4, -0.2) is 49.4 Å². The van der Waals surface area contributed by atoms with Gasteiger partial charge in [0.2, 0.25) is 5.91 Å². The molecule has 1 heterocycles. The van der Waals surface area contributed by atoms with E-state index in [0.717, 1.165) is 18.4 Å². The molecule has 0 unspecified atom stereocenters. The Bertz CT molecular complexity index is 1050. The van der Waals surface area contributed by atoms with Crippen molar-refractivity contribution < 1.29 is 14.4 Å². The molecule has 2 aromatic carbocycles. The van der Waals surface area contributed by atoms with E-state index in [1.165, 1.54) is 5.56 Å². The van der Waals surface area contributed by atoms with Gasteiger partial charge in [-0.05, 0) is 61.1 Å². The molecule has 0 radical (unpaired) electrons. The summed E-state index contributed by atoms with van der Waals surface area (Å²) in [4.78, 5) is 38.3. The first-order chi connectivity index (χ1) is 15.9. The van der Waals surface area contributed by atoms with Crippen LogP contribution in [0, 0.1) is 18.3 Å². The van der Waals surface area contributed by atoms with E-state index < -0.39 is 6.03 Å². The summed E-state index contributed by atoms with van der Waals surface area (Å²) < 4.78 is 0. The number of benzene rings is 2. The Morgan fingerprint density at radius 1 is 1.09 bits per heavy atom. The average Bonchev–Trinajstić information content (AvgIpc) is 2.85. The van der Waals surface area contributed by atoms with E-state index in [4.69, 9.17) is 5.26 Å². The quantitative estimate of drug-likeness (QED) is 0.631. The Balaban J connectivity index is 1.57. The van der Waals surface area contributed by atoms with Gasteiger partial charge in [0.15, 0.2) is 0 Å². The fourth-order valence-corrected chi connectivity index (χ4v) is 3.90. The van der Waals surface area contributed by atoms with Crippen LogP contribution in [0.15, 0.2) is 42.5 Å². The first-order valence-electron chi connectivity index (χ1n) is 11.1. The number of nitrogens with one attached hydrogen (secondary N) is 3. The molecule has 1 fully saturated rings. The van der Waals surface area contributed by atoms with Gasteiger partial charge < -0.3 is 20.9 Å². The molecule has 2 aromatic rings. The number of hydrogen-bond acceptors (Lipinski definition) is 4. The van der Waals surface area contributed by atoms with Gasteiger partial charge in [-0.3, -0.25) is 9.59 Å². The van der Waals surface area contributed by atoms with Gasteiger partial charge in [0.1, 0.15) is 0 Å². The second kappa shape index (κ2) is 11.1. The van der Waals surface area contributed by atoms with Crippen molar-refractivity contribution in [1.29, 1.82) is 5.26 Å². The van der Waals surface area contributed by atoms with Gasteiger partial charge in [0.25, 0.3) is 5.91 Å². The molecule has 8 nitrogen and oxygen atoms in total. The number of carbonyl (C=O) groups excluding carboxylic acids is 3. The van der Waals surface area contributed by atoms with Crippen LogP contribution >= 0.6 is 0 Å². The van der Waals surface area contributed by atoms with E-state index >= 15 is 0 Å². The molecule has 0 spiro atoms. The summed E-state index contributed by atoms with van der Waals surface area (Å²) in [5.41, 5.74) is 3.78. The fourth-order valence-electron chi connectivity index (χ4n) is 3.90. The summed E-state index contributed by atoms with van der Waals surface area (Å²) in [6.07, 6.45) is 1.92. The number of nitriles is 1. The fraction of sp³-hybridized carbons (Fsp3) is 0.360. The van der Waals surface area contributed by atoms with Crippen LogP contribution in [0.3, 0.4) is 0 Å². The van der Waals surface area contributed by atoms with E-state index in [2.05, 4.69) is 22.0 Å². The molecule has 3 N–H and O–H groups in total. The van der Waals surface area contributed by atoms with Crippen LogP contribution in [0.25, 0.3) is 0 Å². The lowest BCUT2D eigenvalue weighted by molar-refractivity contribution is -0.120. The standard InChI is InChI=1S/C25H29N5O3/c1-17-3-6-21(15-22(17)29-25(33)28-12-9-23(31)27-2)24(32)30-13-10-20(11-14-30)19-7-4-18(16-26)5-8-19/h3-8,15,20H,9-14H2,1-2H3,(H,27,31)(H2,28,29,33). The maximum Gasteiger partial charge on any atom is 0.319 e. The number of hydrogen-bond donors (Lipinski definition) is 3. The van der Waals surface area contributed by atoms with Crippen molar-refractivity contribution in [2.75, 3.05) is 32.0 Å². The lowest BCUT2D eigenvalue weighted by Gasteiger charge is -2.32. The molecule has 4 amide bonds. The Morgan fingerprint density at radius 3 is 2.42 bits per heavy atom. The van der Waals surface area contributed by atoms with Crippen molar-refractivity contribution in [3.05, 3.63) is 64.7 Å². The minimum atomic E-state index is -0.421. The van der Waals surface area contributed by atoms with Crippen LogP contribution < -0.4 is 16.0 Å². The molecule has 3 rings (SSSR count). The largest absolute Gasteiger partial charge is 0.359 e. The van der Waals surface area contributed by atoms with Crippen LogP contribution in [0.4, 0.5) is 10.5 Å². The molecule has 172 valence electrons. The molecular formula is C25H29N5O3. The maximum absolute atomic E-state index is 13.1. The molecule has 0 atom stereocenters. The molecule has 1 aliphatic heterocycles. The molecule has 1 saturated heterocycles. The number of anilines is 1. The number of nitrogens with zero attached hydrogens (tertiary/aromatic N) is 2. The maximum atomic E-state index is 13.1. The number of likely N-dealkylation sites (tertiary alicyclic amines) is 1. The van der Waals surface area contributed by atoms with E-state index in [1.807, 2.05) is 42.2 Å². The van der Waals surface area contributed by atoms with Crippen molar-refractivity contribution in [2.45, 2.75) is 32.1 Å². The van der Waals surface area contributed by atoms with Crippen molar-refractivity contribution in [2.24, 2.45) is 0 Å². The van der Waals surface area contributed by atoms with Gasteiger partial charge in [-0.1, -0.05) is 18.2 Å². The van der Waals surface area contributed by atoms with Gasteiger partial charge in [0.05, 0.1) is 11.6 Å². The predicted molar refractivity (Wildman–Crippen MR) is 126 cm³/mol. The molecule has 0 aliphatic carbocycles. The lowest BCUT2D eigenvalue weighted by atomic mass is 9.89. The van der Waals surface area contributed by atoms with E-state index in [0.29, 0.717) is 35.8 Å². The lowest BCUT2D eigenvalue weighted by Crippen LogP contribution is -2.38. The zero-order chi connectivity index (χ0) is 23.8. The summed E-state index contributed by atoms with van der Waals surface area (Å²) in [5.74, 6) is 0.161. The van der Waals surface area contributed by atoms with Gasteiger partial charge in [-0.15, -0.1) is 0 Å². The van der Waals surface area contributed by atoms with Crippen LogP contribution in [0.2, 0.25) is 0 Å². The van der Waals surface area contributed by atoms with Crippen LogP contribution in [0.5, 0.6) is 0 Å². The number of amides is 4. The highest BCUT2D eigenvalue weighted by atomic mass is 16.2. The normalized spacial score (nSPS) is 13.7. The Kier molecular flexibility index (Phi) is 8.03. The summed E-state index contributed by atoms with van der Waals surface area (Å²) in [6.45, 7) is 3.38. The molecule has 0 saturated carbocycles. The number of aryl methyl sites for hydroxylation is 1. The number of piperidine rings is 1. The third kappa shape index (κ3) is 6.32. The summed E-state index contributed by atoms with van der Waals surface area (Å²) in [6, 6.07) is 14.7. The second-order valence-corrected chi connectivity index (χ2v) is 8.13. The monoisotopic (exact) mass is 447 g/mol. The van der Waals surface area contributed by atoms with Crippen molar-refractivity contribution in [3.8, 4) is 6.07 Å². The van der Waals surface area contributed by atoms with Gasteiger partial charge in [0, 0.05) is 44.4 Å². The molecule has 1 aliphatic rings. The van der Waals surface area contributed by atoms with Crippen molar-refractivity contribution >= 4 is 23.5 Å². The topological polar surface area (TPSA) is 114 Å². The minimum Gasteiger partial charge on any atom is -0.359 e. The van der Waals surface area contributed by atoms with Gasteiger partial charge >= 0.3 is 6.03 Å². The highest BCUT2D eigenvalue weighted by Crippen LogP contribution is 2.29. The predicted octanol–water partition coefficient (Wildman–Crippen LogP) is 3.14. The first kappa shape index (κ1) is 23.8. The summed E-state index contributed by atoms with van der Waals surface area (Å²) in [5, 5.41) is 16.9. The third-order valence-corrected chi connectivity index (χ3v) is 5.94. The number of carbonyl (C=O) groups is 3. The smallest absolute Gasteiger partial charge is 0.319 e. The zero-order valence-electron chi connectivity index (χ0n) is 19.0. The Morgan fingerprint density at radius 2 is 1.79 bits per heavy atom. The molecular weight excluding hydrogens is 418 g/mol. The SMILES string of the molecule is CNC(=O)CCNC(=O)Nc1cc(C(=O)N2CCC(c3ccc(C#N)cc3)CC2)ccc1C. The highest BCUT2D eigenvalue weighted by Gasteiger charge is 2.25. The highest BCUT2D eigenvalue weighted by molar-refractivity contribution is 5.97. The van der Waals surface area contributed by atoms with E-state index in [1.54, 1.807) is 19.2 Å². The average molecular weight is 448 g/mol. The van der Waals surface area contributed by atoms with E-state index in [9.17, 15) is 14.4 Å². The molecule has 33 heavy (non-hydrogen) atoms. The summed E-state index contributed by atoms with van der Waals surface area (Å²) in [7, 11) is 1.55. The zero-order valence-corrected chi connectivity index (χ0v) is 19.0. The minimum absolute atomic E-state index is 0.0589.